The lowest BCUT2D eigenvalue weighted by Crippen LogP contribution is -2.21. The molecule has 0 spiro atoms. The number of carbonyl (C=O) groups is 2. The molecular formula is C21H18N2O6S. The molecule has 1 amide bonds. The van der Waals surface area contributed by atoms with E-state index in [-0.39, 0.29) is 5.69 Å². The van der Waals surface area contributed by atoms with Crippen LogP contribution in [0.2, 0.25) is 0 Å². The minimum atomic E-state index is -0.664. The largest absolute Gasteiger partial charge is 0.497 e. The molecule has 0 aliphatic carbocycles. The Labute approximate surface area is 176 Å². The van der Waals surface area contributed by atoms with Crippen LogP contribution in [0.25, 0.3) is 10.6 Å². The summed E-state index contributed by atoms with van der Waals surface area (Å²) in [6, 6.07) is 12.4. The molecule has 8 nitrogen and oxygen atoms in total. The summed E-state index contributed by atoms with van der Waals surface area (Å²) in [6.45, 7) is 0.516. The number of methoxy groups -OCH3 is 1. The lowest BCUT2D eigenvalue weighted by molar-refractivity contribution is -0.119. The summed E-state index contributed by atoms with van der Waals surface area (Å²) in [5, 5.41) is 4.93. The van der Waals surface area contributed by atoms with Crippen LogP contribution in [0, 0.1) is 0 Å². The van der Waals surface area contributed by atoms with E-state index in [0.717, 1.165) is 11.3 Å². The van der Waals surface area contributed by atoms with Gasteiger partial charge in [0.25, 0.3) is 5.91 Å². The maximum Gasteiger partial charge on any atom is 0.358 e. The third-order valence-corrected chi connectivity index (χ3v) is 5.10. The fourth-order valence-corrected chi connectivity index (χ4v) is 3.55. The number of hydrogen-bond acceptors (Lipinski definition) is 8. The molecule has 2 heterocycles. The summed E-state index contributed by atoms with van der Waals surface area (Å²) >= 11 is 1.32. The number of ether oxygens (including phenoxy) is 4. The summed E-state index contributed by atoms with van der Waals surface area (Å²) in [5.74, 6) is 0.791. The summed E-state index contributed by atoms with van der Waals surface area (Å²) in [7, 11) is 1.59. The van der Waals surface area contributed by atoms with Crippen LogP contribution >= 0.6 is 11.3 Å². The van der Waals surface area contributed by atoms with Crippen molar-refractivity contribution >= 4 is 28.9 Å². The summed E-state index contributed by atoms with van der Waals surface area (Å²) in [5.41, 5.74) is 1.53. The number of fused-ring (bicyclic) bond motifs is 1. The Hall–Kier alpha value is -3.59. The average Bonchev–Trinajstić information content (AvgIpc) is 3.28. The number of carbonyl (C=O) groups excluding carboxylic acids is 2. The van der Waals surface area contributed by atoms with Crippen molar-refractivity contribution in [3.05, 3.63) is 53.5 Å². The molecule has 1 aliphatic rings. The third kappa shape index (κ3) is 4.52. The molecule has 0 saturated carbocycles. The second kappa shape index (κ2) is 8.83. The number of aromatic nitrogens is 1. The fourth-order valence-electron chi connectivity index (χ4n) is 2.76. The van der Waals surface area contributed by atoms with Crippen molar-refractivity contribution < 1.29 is 28.5 Å². The van der Waals surface area contributed by atoms with E-state index >= 15 is 0 Å². The second-order valence-electron chi connectivity index (χ2n) is 6.25. The second-order valence-corrected chi connectivity index (χ2v) is 7.11. The Morgan fingerprint density at radius 3 is 2.63 bits per heavy atom. The first-order chi connectivity index (χ1) is 14.6. The predicted octanol–water partition coefficient (Wildman–Crippen LogP) is 3.39. The van der Waals surface area contributed by atoms with Gasteiger partial charge in [-0.25, -0.2) is 9.78 Å². The molecule has 0 unspecified atom stereocenters. The normalized spacial score (nSPS) is 12.2. The van der Waals surface area contributed by atoms with Crippen molar-refractivity contribution in [1.82, 2.24) is 4.98 Å². The van der Waals surface area contributed by atoms with Gasteiger partial charge in [-0.3, -0.25) is 4.79 Å². The lowest BCUT2D eigenvalue weighted by Gasteiger charge is -2.18. The van der Waals surface area contributed by atoms with Crippen LogP contribution in [-0.2, 0) is 9.53 Å². The summed E-state index contributed by atoms with van der Waals surface area (Å²) in [4.78, 5) is 28.6. The first-order valence-electron chi connectivity index (χ1n) is 9.09. The Balaban J connectivity index is 1.32. The highest BCUT2D eigenvalue weighted by molar-refractivity contribution is 7.13. The molecule has 0 atom stereocenters. The van der Waals surface area contributed by atoms with Crippen LogP contribution in [0.4, 0.5) is 5.69 Å². The molecule has 0 radical (unpaired) electrons. The van der Waals surface area contributed by atoms with Crippen LogP contribution in [0.1, 0.15) is 10.5 Å². The molecular weight excluding hydrogens is 408 g/mol. The van der Waals surface area contributed by atoms with Crippen molar-refractivity contribution in [3.63, 3.8) is 0 Å². The van der Waals surface area contributed by atoms with E-state index in [1.165, 1.54) is 11.3 Å². The number of rotatable bonds is 6. The number of anilines is 1. The summed E-state index contributed by atoms with van der Waals surface area (Å²) in [6.07, 6.45) is 0. The van der Waals surface area contributed by atoms with Crippen LogP contribution in [0.3, 0.4) is 0 Å². The lowest BCUT2D eigenvalue weighted by atomic mass is 10.2. The molecule has 1 aliphatic heterocycles. The zero-order chi connectivity index (χ0) is 20.9. The molecule has 4 rings (SSSR count). The Morgan fingerprint density at radius 2 is 1.87 bits per heavy atom. The van der Waals surface area contributed by atoms with Gasteiger partial charge in [-0.2, -0.15) is 0 Å². The summed E-state index contributed by atoms with van der Waals surface area (Å²) < 4.78 is 21.1. The van der Waals surface area contributed by atoms with Crippen LogP contribution in [0.5, 0.6) is 17.2 Å². The quantitative estimate of drug-likeness (QED) is 0.604. The van der Waals surface area contributed by atoms with Crippen LogP contribution < -0.4 is 19.5 Å². The number of nitrogens with zero attached hydrogens (tertiary/aromatic N) is 1. The molecule has 3 aromatic rings. The number of amides is 1. The fraction of sp³-hybridized carbons (Fsp3) is 0.190. The number of nitrogens with one attached hydrogen (secondary N) is 1. The zero-order valence-corrected chi connectivity index (χ0v) is 16.9. The Bertz CT molecular complexity index is 1060. The number of hydrogen-bond donors (Lipinski definition) is 1. The van der Waals surface area contributed by atoms with Gasteiger partial charge in [0.1, 0.15) is 24.0 Å². The van der Waals surface area contributed by atoms with Gasteiger partial charge < -0.3 is 24.3 Å². The molecule has 154 valence electrons. The molecule has 9 heteroatoms. The first-order valence-corrected chi connectivity index (χ1v) is 9.97. The topological polar surface area (TPSA) is 96.0 Å². The van der Waals surface area contributed by atoms with Gasteiger partial charge in [0, 0.05) is 22.7 Å². The van der Waals surface area contributed by atoms with Gasteiger partial charge >= 0.3 is 5.97 Å². The van der Waals surface area contributed by atoms with Crippen LogP contribution in [0.15, 0.2) is 47.8 Å². The molecule has 2 aromatic carbocycles. The SMILES string of the molecule is COc1ccc(-c2nc(C(=O)OCC(=O)Nc3ccc4c(c3)OCCO4)cs2)cc1. The van der Waals surface area contributed by atoms with E-state index in [0.29, 0.717) is 35.4 Å². The standard InChI is InChI=1S/C21H18N2O6S/c1-26-15-5-2-13(3-6-15)20-23-16(12-30-20)21(25)29-11-19(24)22-14-4-7-17-18(10-14)28-9-8-27-17/h2-7,10,12H,8-9,11H2,1H3,(H,22,24). The molecule has 1 N–H and O–H groups in total. The number of thiazole rings is 1. The van der Waals surface area contributed by atoms with E-state index in [9.17, 15) is 9.59 Å². The Kier molecular flexibility index (Phi) is 5.80. The highest BCUT2D eigenvalue weighted by Crippen LogP contribution is 2.32. The number of benzene rings is 2. The van der Waals surface area contributed by atoms with Gasteiger partial charge in [0.15, 0.2) is 23.8 Å². The smallest absolute Gasteiger partial charge is 0.358 e. The van der Waals surface area contributed by atoms with Gasteiger partial charge in [-0.15, -0.1) is 11.3 Å². The zero-order valence-electron chi connectivity index (χ0n) is 16.0. The van der Waals surface area contributed by atoms with E-state index in [1.54, 1.807) is 30.7 Å². The molecule has 0 saturated heterocycles. The van der Waals surface area contributed by atoms with Crippen molar-refractivity contribution in [3.8, 4) is 27.8 Å². The molecule has 0 fully saturated rings. The van der Waals surface area contributed by atoms with Gasteiger partial charge in [0.05, 0.1) is 7.11 Å². The van der Waals surface area contributed by atoms with Gasteiger partial charge in [-0.1, -0.05) is 0 Å². The maximum atomic E-state index is 12.2. The van der Waals surface area contributed by atoms with Crippen molar-refractivity contribution in [2.75, 3.05) is 32.2 Å². The maximum absolute atomic E-state index is 12.2. The monoisotopic (exact) mass is 426 g/mol. The predicted molar refractivity (Wildman–Crippen MR) is 110 cm³/mol. The van der Waals surface area contributed by atoms with Crippen molar-refractivity contribution in [1.29, 1.82) is 0 Å². The van der Waals surface area contributed by atoms with Gasteiger partial charge in [0.2, 0.25) is 0 Å². The highest BCUT2D eigenvalue weighted by Gasteiger charge is 2.16. The average molecular weight is 426 g/mol. The first kappa shape index (κ1) is 19.7. The van der Waals surface area contributed by atoms with Gasteiger partial charge in [-0.05, 0) is 36.4 Å². The van der Waals surface area contributed by atoms with Crippen molar-refractivity contribution in [2.45, 2.75) is 0 Å². The van der Waals surface area contributed by atoms with Crippen LogP contribution in [-0.4, -0.2) is 43.8 Å². The Morgan fingerprint density at radius 1 is 1.10 bits per heavy atom. The molecule has 0 bridgehead atoms. The van der Waals surface area contributed by atoms with E-state index in [2.05, 4.69) is 10.3 Å². The minimum Gasteiger partial charge on any atom is -0.497 e. The number of esters is 1. The van der Waals surface area contributed by atoms with E-state index in [4.69, 9.17) is 18.9 Å². The molecule has 1 aromatic heterocycles. The molecule has 30 heavy (non-hydrogen) atoms. The third-order valence-electron chi connectivity index (χ3n) is 4.21. The minimum absolute atomic E-state index is 0.151. The van der Waals surface area contributed by atoms with E-state index in [1.807, 2.05) is 24.3 Å². The highest BCUT2D eigenvalue weighted by atomic mass is 32.1. The van der Waals surface area contributed by atoms with E-state index < -0.39 is 18.5 Å². The van der Waals surface area contributed by atoms with Crippen molar-refractivity contribution in [2.24, 2.45) is 0 Å².